The Morgan fingerprint density at radius 2 is 1.95 bits per heavy atom. The maximum atomic E-state index is 5.66. The molecule has 4 nitrogen and oxygen atoms in total. The highest BCUT2D eigenvalue weighted by atomic mass is 79.9. The van der Waals surface area contributed by atoms with E-state index in [-0.39, 0.29) is 6.04 Å². The lowest BCUT2D eigenvalue weighted by molar-refractivity contribution is 0.682. The van der Waals surface area contributed by atoms with Crippen LogP contribution in [0.5, 0.6) is 0 Å². The van der Waals surface area contributed by atoms with E-state index >= 15 is 0 Å². The van der Waals surface area contributed by atoms with Crippen LogP contribution in [-0.4, -0.2) is 29.8 Å². The van der Waals surface area contributed by atoms with Crippen LogP contribution in [0.4, 0.5) is 5.82 Å². The van der Waals surface area contributed by atoms with E-state index in [1.165, 1.54) is 0 Å². The summed E-state index contributed by atoms with van der Waals surface area (Å²) in [6.07, 6.45) is 0. The number of hydrogen-bond donors (Lipinski definition) is 1. The average Bonchev–Trinajstić information content (AvgIpc) is 2.46. The molecule has 5 heteroatoms. The normalized spacial score (nSPS) is 12.2. The number of benzene rings is 1. The fourth-order valence-corrected chi connectivity index (χ4v) is 2.20. The second kappa shape index (κ2) is 6.12. The maximum Gasteiger partial charge on any atom is 0.151 e. The number of nitrogens with zero attached hydrogens (tertiary/aromatic N) is 3. The van der Waals surface area contributed by atoms with Gasteiger partial charge in [-0.2, -0.15) is 0 Å². The van der Waals surface area contributed by atoms with Crippen LogP contribution in [0, 0.1) is 0 Å². The zero-order valence-electron chi connectivity index (χ0n) is 11.0. The molecule has 1 heterocycles. The second-order valence-electron chi connectivity index (χ2n) is 4.45. The molecule has 0 spiro atoms. The smallest absolute Gasteiger partial charge is 0.151 e. The van der Waals surface area contributed by atoms with Crippen LogP contribution in [0.25, 0.3) is 11.3 Å². The Morgan fingerprint density at radius 3 is 2.53 bits per heavy atom. The van der Waals surface area contributed by atoms with Crippen molar-refractivity contribution in [1.29, 1.82) is 0 Å². The van der Waals surface area contributed by atoms with Gasteiger partial charge in [-0.25, -0.2) is 0 Å². The number of halogens is 1. The van der Waals surface area contributed by atoms with Crippen LogP contribution < -0.4 is 10.6 Å². The molecule has 0 bridgehead atoms. The number of aromatic nitrogens is 2. The van der Waals surface area contributed by atoms with E-state index in [4.69, 9.17) is 5.73 Å². The minimum absolute atomic E-state index is 0.239. The van der Waals surface area contributed by atoms with E-state index in [2.05, 4.69) is 33.1 Å². The van der Waals surface area contributed by atoms with Gasteiger partial charge in [0.05, 0.1) is 5.69 Å². The fourth-order valence-electron chi connectivity index (χ4n) is 1.71. The summed E-state index contributed by atoms with van der Waals surface area (Å²) < 4.78 is 1.01. The van der Waals surface area contributed by atoms with E-state index in [0.29, 0.717) is 6.54 Å². The van der Waals surface area contributed by atoms with Gasteiger partial charge in [-0.15, -0.1) is 10.2 Å². The van der Waals surface area contributed by atoms with Gasteiger partial charge in [0.15, 0.2) is 5.82 Å². The number of nitrogens with two attached hydrogens (primary N) is 1. The lowest BCUT2D eigenvalue weighted by atomic mass is 10.1. The molecule has 0 aliphatic carbocycles. The molecule has 1 unspecified atom stereocenters. The monoisotopic (exact) mass is 320 g/mol. The molecule has 0 saturated heterocycles. The second-order valence-corrected chi connectivity index (χ2v) is 5.31. The Morgan fingerprint density at radius 1 is 1.21 bits per heavy atom. The molecule has 2 aromatic rings. The summed E-state index contributed by atoms with van der Waals surface area (Å²) in [5.74, 6) is 0.828. The Kier molecular flexibility index (Phi) is 4.50. The highest BCUT2D eigenvalue weighted by molar-refractivity contribution is 9.10. The van der Waals surface area contributed by atoms with Crippen molar-refractivity contribution in [3.8, 4) is 11.3 Å². The van der Waals surface area contributed by atoms with Crippen molar-refractivity contribution >= 4 is 21.7 Å². The molecule has 1 aromatic carbocycles. The highest BCUT2D eigenvalue weighted by Crippen LogP contribution is 2.26. The van der Waals surface area contributed by atoms with Crippen molar-refractivity contribution in [2.45, 2.75) is 13.0 Å². The minimum Gasteiger partial charge on any atom is -0.354 e. The molecule has 19 heavy (non-hydrogen) atoms. The summed E-state index contributed by atoms with van der Waals surface area (Å²) in [6.45, 7) is 2.65. The SMILES string of the molecule is CC(CN)N(C)c1ccc(-c2ccccc2Br)nn1. The summed E-state index contributed by atoms with van der Waals surface area (Å²) in [6, 6.07) is 12.2. The van der Waals surface area contributed by atoms with Gasteiger partial charge in [0.1, 0.15) is 0 Å². The predicted octanol–water partition coefficient (Wildman–Crippen LogP) is 2.69. The van der Waals surface area contributed by atoms with Crippen molar-refractivity contribution in [1.82, 2.24) is 10.2 Å². The first-order chi connectivity index (χ1) is 9.13. The maximum absolute atomic E-state index is 5.66. The van der Waals surface area contributed by atoms with Crippen molar-refractivity contribution in [3.63, 3.8) is 0 Å². The van der Waals surface area contributed by atoms with E-state index in [1.54, 1.807) is 0 Å². The molecule has 100 valence electrons. The third-order valence-corrected chi connectivity index (χ3v) is 3.86. The van der Waals surface area contributed by atoms with Gasteiger partial charge in [0, 0.05) is 29.7 Å². The van der Waals surface area contributed by atoms with Gasteiger partial charge in [-0.3, -0.25) is 0 Å². The number of likely N-dealkylation sites (N-methyl/N-ethyl adjacent to an activating group) is 1. The molecular weight excluding hydrogens is 304 g/mol. The van der Waals surface area contributed by atoms with Crippen LogP contribution in [0.3, 0.4) is 0 Å². The van der Waals surface area contributed by atoms with E-state index in [0.717, 1.165) is 21.5 Å². The van der Waals surface area contributed by atoms with Crippen LogP contribution in [-0.2, 0) is 0 Å². The molecular formula is C14H17BrN4. The zero-order chi connectivity index (χ0) is 13.8. The standard InChI is InChI=1S/C14H17BrN4/c1-10(9-16)19(2)14-8-7-13(17-18-14)11-5-3-4-6-12(11)15/h3-8,10H,9,16H2,1-2H3. The summed E-state index contributed by atoms with van der Waals surface area (Å²) in [5.41, 5.74) is 7.54. The number of anilines is 1. The fraction of sp³-hybridized carbons (Fsp3) is 0.286. The topological polar surface area (TPSA) is 55.0 Å². The summed E-state index contributed by atoms with van der Waals surface area (Å²) in [4.78, 5) is 2.02. The van der Waals surface area contributed by atoms with Crippen molar-refractivity contribution in [3.05, 3.63) is 40.9 Å². The van der Waals surface area contributed by atoms with Crippen molar-refractivity contribution in [2.24, 2.45) is 5.73 Å². The highest BCUT2D eigenvalue weighted by Gasteiger charge is 2.11. The van der Waals surface area contributed by atoms with Gasteiger partial charge in [-0.1, -0.05) is 34.1 Å². The third kappa shape index (κ3) is 3.11. The Labute approximate surface area is 121 Å². The van der Waals surface area contributed by atoms with E-state index < -0.39 is 0 Å². The molecule has 0 aliphatic rings. The first-order valence-corrected chi connectivity index (χ1v) is 6.94. The Hall–Kier alpha value is -1.46. The van der Waals surface area contributed by atoms with E-state index in [1.807, 2.05) is 48.3 Å². The molecule has 2 rings (SSSR count). The predicted molar refractivity (Wildman–Crippen MR) is 82.1 cm³/mol. The minimum atomic E-state index is 0.239. The first-order valence-electron chi connectivity index (χ1n) is 6.15. The zero-order valence-corrected chi connectivity index (χ0v) is 12.6. The third-order valence-electron chi connectivity index (χ3n) is 3.16. The molecule has 0 amide bonds. The largest absolute Gasteiger partial charge is 0.354 e. The van der Waals surface area contributed by atoms with Crippen molar-refractivity contribution in [2.75, 3.05) is 18.5 Å². The van der Waals surface area contributed by atoms with Crippen LogP contribution >= 0.6 is 15.9 Å². The molecule has 0 radical (unpaired) electrons. The Balaban J connectivity index is 2.26. The molecule has 0 aliphatic heterocycles. The van der Waals surface area contributed by atoms with Crippen LogP contribution in [0.2, 0.25) is 0 Å². The van der Waals surface area contributed by atoms with Crippen LogP contribution in [0.15, 0.2) is 40.9 Å². The average molecular weight is 321 g/mol. The number of hydrogen-bond acceptors (Lipinski definition) is 4. The summed E-state index contributed by atoms with van der Waals surface area (Å²) in [7, 11) is 1.97. The molecule has 0 saturated carbocycles. The quantitative estimate of drug-likeness (QED) is 0.941. The van der Waals surface area contributed by atoms with Gasteiger partial charge in [0.2, 0.25) is 0 Å². The van der Waals surface area contributed by atoms with Gasteiger partial charge in [-0.05, 0) is 25.1 Å². The van der Waals surface area contributed by atoms with Gasteiger partial charge < -0.3 is 10.6 Å². The van der Waals surface area contributed by atoms with Gasteiger partial charge in [0.25, 0.3) is 0 Å². The Bertz CT molecular complexity index is 541. The van der Waals surface area contributed by atoms with Crippen molar-refractivity contribution < 1.29 is 0 Å². The molecule has 1 atom stereocenters. The molecule has 1 aromatic heterocycles. The van der Waals surface area contributed by atoms with Gasteiger partial charge >= 0.3 is 0 Å². The molecule has 0 fully saturated rings. The summed E-state index contributed by atoms with van der Waals surface area (Å²) >= 11 is 3.52. The van der Waals surface area contributed by atoms with E-state index in [9.17, 15) is 0 Å². The number of rotatable bonds is 4. The van der Waals surface area contributed by atoms with Crippen LogP contribution in [0.1, 0.15) is 6.92 Å². The molecule has 2 N–H and O–H groups in total. The lowest BCUT2D eigenvalue weighted by Gasteiger charge is -2.24. The summed E-state index contributed by atoms with van der Waals surface area (Å²) in [5, 5.41) is 8.55. The first kappa shape index (κ1) is 14.0. The lowest BCUT2D eigenvalue weighted by Crippen LogP contribution is -2.35.